The molecule has 1 unspecified atom stereocenters. The lowest BCUT2D eigenvalue weighted by Crippen LogP contribution is -2.55. The van der Waals surface area contributed by atoms with Gasteiger partial charge in [0.2, 0.25) is 0 Å². The van der Waals surface area contributed by atoms with Crippen molar-refractivity contribution in [3.63, 3.8) is 0 Å². The highest BCUT2D eigenvalue weighted by Gasteiger charge is 2.44. The van der Waals surface area contributed by atoms with Gasteiger partial charge in [0.1, 0.15) is 36.3 Å². The normalized spacial score (nSPS) is 26.6. The van der Waals surface area contributed by atoms with Crippen molar-refractivity contribution in [2.24, 2.45) is 0 Å². The molecule has 0 radical (unpaired) electrons. The van der Waals surface area contributed by atoms with E-state index in [1.54, 1.807) is 6.07 Å². The molecule has 4 N–H and O–H groups in total. The molecule has 6 heteroatoms. The second-order valence-electron chi connectivity index (χ2n) is 8.32. The van der Waals surface area contributed by atoms with Crippen molar-refractivity contribution in [3.8, 4) is 5.75 Å². The van der Waals surface area contributed by atoms with Crippen LogP contribution < -0.4 is 4.74 Å². The Morgan fingerprint density at radius 2 is 1.40 bits per heavy atom. The average molecular weight is 425 g/mol. The molecular weight excluding hydrogens is 384 g/mol. The average Bonchev–Trinajstić information content (AvgIpc) is 2.76. The van der Waals surface area contributed by atoms with Crippen molar-refractivity contribution in [3.05, 3.63) is 29.8 Å². The highest BCUT2D eigenvalue weighted by atomic mass is 16.5. The van der Waals surface area contributed by atoms with Crippen LogP contribution in [0.1, 0.15) is 82.8 Å². The summed E-state index contributed by atoms with van der Waals surface area (Å²) in [6, 6.07) is 7.25. The van der Waals surface area contributed by atoms with E-state index >= 15 is 0 Å². The Morgan fingerprint density at radius 1 is 0.800 bits per heavy atom. The van der Waals surface area contributed by atoms with E-state index in [-0.39, 0.29) is 0 Å². The third-order valence-electron chi connectivity index (χ3n) is 5.87. The SMILES string of the molecule is CCCCCCCCCCCCOc1ccccc1C1O[C@H](CO)[C@H](O)[C@H](O)[C@H]1O. The Bertz CT molecular complexity index is 579. The summed E-state index contributed by atoms with van der Waals surface area (Å²) >= 11 is 0. The quantitative estimate of drug-likeness (QED) is 0.341. The molecule has 0 amide bonds. The van der Waals surface area contributed by atoms with E-state index in [9.17, 15) is 20.4 Å². The number of ether oxygens (including phenoxy) is 2. The molecule has 1 aliphatic rings. The molecule has 0 aliphatic carbocycles. The number of hydrogen-bond acceptors (Lipinski definition) is 6. The van der Waals surface area contributed by atoms with E-state index in [2.05, 4.69) is 6.92 Å². The zero-order chi connectivity index (χ0) is 21.8. The van der Waals surface area contributed by atoms with Crippen LogP contribution in [0.25, 0.3) is 0 Å². The minimum atomic E-state index is -1.39. The fourth-order valence-corrected chi connectivity index (χ4v) is 3.98. The first-order valence-corrected chi connectivity index (χ1v) is 11.6. The number of rotatable bonds is 14. The molecule has 1 fully saturated rings. The third kappa shape index (κ3) is 7.50. The fraction of sp³-hybridized carbons (Fsp3) is 0.750. The fourth-order valence-electron chi connectivity index (χ4n) is 3.98. The summed E-state index contributed by atoms with van der Waals surface area (Å²) in [5, 5.41) is 39.8. The van der Waals surface area contributed by atoms with Gasteiger partial charge >= 0.3 is 0 Å². The lowest BCUT2D eigenvalue weighted by molar-refractivity contribution is -0.232. The van der Waals surface area contributed by atoms with Gasteiger partial charge in [-0.2, -0.15) is 0 Å². The van der Waals surface area contributed by atoms with Crippen LogP contribution in [0.5, 0.6) is 5.75 Å². The van der Waals surface area contributed by atoms with Gasteiger partial charge in [0.25, 0.3) is 0 Å². The Morgan fingerprint density at radius 3 is 2.03 bits per heavy atom. The van der Waals surface area contributed by atoms with Crippen molar-refractivity contribution in [1.82, 2.24) is 0 Å². The van der Waals surface area contributed by atoms with Crippen molar-refractivity contribution < 1.29 is 29.9 Å². The van der Waals surface area contributed by atoms with E-state index < -0.39 is 37.1 Å². The minimum absolute atomic E-state index is 0.441. The second-order valence-corrected chi connectivity index (χ2v) is 8.32. The molecular formula is C24H40O6. The van der Waals surface area contributed by atoms with Gasteiger partial charge in [-0.3, -0.25) is 0 Å². The number of aliphatic hydroxyl groups is 4. The standard InChI is InChI=1S/C24H40O6/c1-2-3-4-5-6-7-8-9-10-13-16-29-19-15-12-11-14-18(19)24-23(28)22(27)21(26)20(17-25)30-24/h11-12,14-15,20-28H,2-10,13,16-17H2,1H3/t20-,21+,22+,23-,24?/m1/s1. The molecule has 172 valence electrons. The van der Waals surface area contributed by atoms with E-state index in [0.717, 1.165) is 12.8 Å². The Labute approximate surface area is 180 Å². The van der Waals surface area contributed by atoms with Crippen LogP contribution in [0.2, 0.25) is 0 Å². The smallest absolute Gasteiger partial charge is 0.125 e. The molecule has 30 heavy (non-hydrogen) atoms. The number of hydrogen-bond donors (Lipinski definition) is 4. The van der Waals surface area contributed by atoms with Crippen LogP contribution >= 0.6 is 0 Å². The molecule has 0 aromatic heterocycles. The molecule has 1 heterocycles. The summed E-state index contributed by atoms with van der Waals surface area (Å²) in [4.78, 5) is 0. The Hall–Kier alpha value is -1.18. The highest BCUT2D eigenvalue weighted by Crippen LogP contribution is 2.36. The molecule has 0 bridgehead atoms. The van der Waals surface area contributed by atoms with Gasteiger partial charge in [-0.1, -0.05) is 82.9 Å². The van der Waals surface area contributed by atoms with Gasteiger partial charge in [-0.15, -0.1) is 0 Å². The van der Waals surface area contributed by atoms with Gasteiger partial charge in [0.05, 0.1) is 13.2 Å². The van der Waals surface area contributed by atoms with Crippen molar-refractivity contribution in [2.45, 2.75) is 102 Å². The maximum absolute atomic E-state index is 10.4. The van der Waals surface area contributed by atoms with Gasteiger partial charge in [0, 0.05) is 5.56 Å². The molecule has 1 aromatic carbocycles. The molecule has 1 saturated heterocycles. The molecule has 6 nitrogen and oxygen atoms in total. The zero-order valence-electron chi connectivity index (χ0n) is 18.3. The Balaban J connectivity index is 1.75. The molecule has 1 aromatic rings. The maximum Gasteiger partial charge on any atom is 0.125 e. The molecule has 2 rings (SSSR count). The molecule has 0 saturated carbocycles. The predicted molar refractivity (Wildman–Crippen MR) is 117 cm³/mol. The van der Waals surface area contributed by atoms with Crippen LogP contribution in [-0.4, -0.2) is 58.1 Å². The van der Waals surface area contributed by atoms with Crippen molar-refractivity contribution in [2.75, 3.05) is 13.2 Å². The third-order valence-corrected chi connectivity index (χ3v) is 5.87. The van der Waals surface area contributed by atoms with Gasteiger partial charge in [-0.25, -0.2) is 0 Å². The summed E-state index contributed by atoms with van der Waals surface area (Å²) in [7, 11) is 0. The van der Waals surface area contributed by atoms with E-state index in [1.165, 1.54) is 51.4 Å². The largest absolute Gasteiger partial charge is 0.493 e. The summed E-state index contributed by atoms with van der Waals surface area (Å²) in [5.74, 6) is 0.595. The monoisotopic (exact) mass is 424 g/mol. The van der Waals surface area contributed by atoms with Crippen LogP contribution in [0.3, 0.4) is 0 Å². The van der Waals surface area contributed by atoms with E-state index in [0.29, 0.717) is 17.9 Å². The Kier molecular flexibility index (Phi) is 11.7. The molecule has 5 atom stereocenters. The summed E-state index contributed by atoms with van der Waals surface area (Å²) in [5.41, 5.74) is 0.612. The minimum Gasteiger partial charge on any atom is -0.493 e. The molecule has 0 spiro atoms. The number of unbranched alkanes of at least 4 members (excludes halogenated alkanes) is 9. The van der Waals surface area contributed by atoms with E-state index in [1.807, 2.05) is 18.2 Å². The summed E-state index contributed by atoms with van der Waals surface area (Å²) in [6.45, 7) is 2.37. The first kappa shape index (κ1) is 25.1. The molecule has 1 aliphatic heterocycles. The zero-order valence-corrected chi connectivity index (χ0v) is 18.3. The van der Waals surface area contributed by atoms with Crippen LogP contribution in [-0.2, 0) is 4.74 Å². The first-order valence-electron chi connectivity index (χ1n) is 11.6. The van der Waals surface area contributed by atoms with Crippen LogP contribution in [0.4, 0.5) is 0 Å². The van der Waals surface area contributed by atoms with Crippen LogP contribution in [0, 0.1) is 0 Å². The maximum atomic E-state index is 10.4. The van der Waals surface area contributed by atoms with Gasteiger partial charge < -0.3 is 29.9 Å². The summed E-state index contributed by atoms with van der Waals surface area (Å²) < 4.78 is 11.6. The number of benzene rings is 1. The van der Waals surface area contributed by atoms with Gasteiger partial charge in [0.15, 0.2) is 0 Å². The number of aliphatic hydroxyl groups excluding tert-OH is 4. The topological polar surface area (TPSA) is 99.4 Å². The summed E-state index contributed by atoms with van der Waals surface area (Å²) in [6.07, 6.45) is 6.71. The van der Waals surface area contributed by atoms with Gasteiger partial charge in [-0.05, 0) is 12.5 Å². The van der Waals surface area contributed by atoms with Crippen LogP contribution in [0.15, 0.2) is 24.3 Å². The lowest BCUT2D eigenvalue weighted by Gasteiger charge is -2.40. The predicted octanol–water partition coefficient (Wildman–Crippen LogP) is 3.50. The number of para-hydroxylation sites is 1. The second kappa shape index (κ2) is 14.0. The first-order chi connectivity index (χ1) is 14.6. The lowest BCUT2D eigenvalue weighted by atomic mass is 9.91. The van der Waals surface area contributed by atoms with Crippen molar-refractivity contribution in [1.29, 1.82) is 0 Å². The van der Waals surface area contributed by atoms with E-state index in [4.69, 9.17) is 9.47 Å². The van der Waals surface area contributed by atoms with Crippen molar-refractivity contribution >= 4 is 0 Å². The highest BCUT2D eigenvalue weighted by molar-refractivity contribution is 5.36.